The maximum absolute atomic E-state index is 12.6. The predicted molar refractivity (Wildman–Crippen MR) is 113 cm³/mol. The first kappa shape index (κ1) is 24.8. The van der Waals surface area contributed by atoms with E-state index in [-0.39, 0.29) is 18.6 Å². The van der Waals surface area contributed by atoms with Gasteiger partial charge in [-0.25, -0.2) is 4.79 Å². The third kappa shape index (κ3) is 7.31. The SMILES string of the molecule is CC(=O)CCC(NC(=O)c1cc([N+](=O)[O-])cc([N+](=O)[O-])c1)C(=O)OCC(=O)c1ccccc1. The van der Waals surface area contributed by atoms with Gasteiger partial charge in [0.05, 0.1) is 21.5 Å². The largest absolute Gasteiger partial charge is 0.456 e. The molecule has 0 heterocycles. The Morgan fingerprint density at radius 2 is 1.52 bits per heavy atom. The standard InChI is InChI=1S/C21H19N3O9/c1-13(25)7-8-18(21(28)33-12-19(26)14-5-3-2-4-6-14)22-20(27)15-9-16(23(29)30)11-17(10-15)24(31)32/h2-6,9-11,18H,7-8,12H2,1H3,(H,22,27). The highest BCUT2D eigenvalue weighted by Crippen LogP contribution is 2.23. The fraction of sp³-hybridized carbons (Fsp3) is 0.238. The summed E-state index contributed by atoms with van der Waals surface area (Å²) in [4.78, 5) is 68.8. The number of hydrogen-bond donors (Lipinski definition) is 1. The molecule has 12 nitrogen and oxygen atoms in total. The Hall–Kier alpha value is -4.48. The molecule has 1 unspecified atom stereocenters. The number of Topliss-reactive ketones (excluding diaryl/α,β-unsaturated/α-hetero) is 2. The number of carbonyl (C=O) groups is 4. The Kier molecular flexibility index (Phi) is 8.43. The van der Waals surface area contributed by atoms with E-state index in [4.69, 9.17) is 4.74 Å². The van der Waals surface area contributed by atoms with Crippen molar-refractivity contribution < 1.29 is 33.8 Å². The van der Waals surface area contributed by atoms with Crippen LogP contribution < -0.4 is 5.32 Å². The molecule has 0 spiro atoms. The first-order valence-electron chi connectivity index (χ1n) is 9.57. The van der Waals surface area contributed by atoms with Gasteiger partial charge in [0.1, 0.15) is 11.8 Å². The number of nitro groups is 2. The minimum atomic E-state index is -1.37. The van der Waals surface area contributed by atoms with Gasteiger partial charge in [-0.3, -0.25) is 29.8 Å². The monoisotopic (exact) mass is 457 g/mol. The summed E-state index contributed by atoms with van der Waals surface area (Å²) >= 11 is 0. The molecule has 1 N–H and O–H groups in total. The van der Waals surface area contributed by atoms with Gasteiger partial charge in [0.2, 0.25) is 0 Å². The summed E-state index contributed by atoms with van der Waals surface area (Å²) in [5.41, 5.74) is -1.51. The third-order valence-electron chi connectivity index (χ3n) is 4.40. The zero-order valence-corrected chi connectivity index (χ0v) is 17.4. The molecule has 0 radical (unpaired) electrons. The van der Waals surface area contributed by atoms with Gasteiger partial charge in [-0.1, -0.05) is 30.3 Å². The number of nitrogens with one attached hydrogen (secondary N) is 1. The van der Waals surface area contributed by atoms with Gasteiger partial charge in [0.25, 0.3) is 17.3 Å². The minimum absolute atomic E-state index is 0.109. The molecule has 0 aliphatic heterocycles. The Morgan fingerprint density at radius 1 is 0.939 bits per heavy atom. The summed E-state index contributed by atoms with van der Waals surface area (Å²) in [6, 6.07) is 8.96. The van der Waals surface area contributed by atoms with Gasteiger partial charge in [-0.15, -0.1) is 0 Å². The van der Waals surface area contributed by atoms with Crippen molar-refractivity contribution in [2.45, 2.75) is 25.8 Å². The van der Waals surface area contributed by atoms with Crippen LogP contribution in [0.15, 0.2) is 48.5 Å². The van der Waals surface area contributed by atoms with E-state index in [1.54, 1.807) is 18.2 Å². The molecule has 1 atom stereocenters. The van der Waals surface area contributed by atoms with E-state index in [1.807, 2.05) is 0 Å². The molecule has 172 valence electrons. The molecule has 0 saturated carbocycles. The lowest BCUT2D eigenvalue weighted by molar-refractivity contribution is -0.394. The van der Waals surface area contributed by atoms with Crippen LogP contribution in [-0.2, 0) is 14.3 Å². The first-order valence-corrected chi connectivity index (χ1v) is 9.57. The highest BCUT2D eigenvalue weighted by molar-refractivity contribution is 6.00. The maximum atomic E-state index is 12.6. The molecule has 0 saturated heterocycles. The average molecular weight is 457 g/mol. The summed E-state index contributed by atoms with van der Waals surface area (Å²) in [5.74, 6) is -2.81. The minimum Gasteiger partial charge on any atom is -0.456 e. The number of amides is 1. The summed E-state index contributed by atoms with van der Waals surface area (Å²) in [5, 5.41) is 24.3. The number of hydrogen-bond acceptors (Lipinski definition) is 9. The van der Waals surface area contributed by atoms with Crippen LogP contribution in [0.1, 0.15) is 40.5 Å². The number of esters is 1. The molecule has 12 heteroatoms. The quantitative estimate of drug-likeness (QED) is 0.230. The predicted octanol–water partition coefficient (Wildman–Crippen LogP) is 2.40. The van der Waals surface area contributed by atoms with E-state index >= 15 is 0 Å². The lowest BCUT2D eigenvalue weighted by atomic mass is 10.1. The summed E-state index contributed by atoms with van der Waals surface area (Å²) < 4.78 is 4.98. The molecular weight excluding hydrogens is 438 g/mol. The molecule has 0 aliphatic carbocycles. The number of benzene rings is 2. The molecule has 2 aromatic carbocycles. The van der Waals surface area contributed by atoms with Crippen molar-refractivity contribution >= 4 is 34.8 Å². The second kappa shape index (κ2) is 11.2. The van der Waals surface area contributed by atoms with Crippen LogP contribution in [0.2, 0.25) is 0 Å². The number of ether oxygens (including phenoxy) is 1. The van der Waals surface area contributed by atoms with E-state index in [9.17, 15) is 39.4 Å². The van der Waals surface area contributed by atoms with Crippen molar-refractivity contribution in [2.24, 2.45) is 0 Å². The van der Waals surface area contributed by atoms with Crippen molar-refractivity contribution in [2.75, 3.05) is 6.61 Å². The molecule has 2 rings (SSSR count). The van der Waals surface area contributed by atoms with Crippen molar-refractivity contribution in [3.05, 3.63) is 79.9 Å². The molecular formula is C21H19N3O9. The van der Waals surface area contributed by atoms with Crippen molar-refractivity contribution in [1.82, 2.24) is 5.32 Å². The van der Waals surface area contributed by atoms with Crippen molar-refractivity contribution in [1.29, 1.82) is 0 Å². The molecule has 2 aromatic rings. The number of nitrogens with zero attached hydrogens (tertiary/aromatic N) is 2. The van der Waals surface area contributed by atoms with Crippen LogP contribution in [0.5, 0.6) is 0 Å². The van der Waals surface area contributed by atoms with Crippen LogP contribution in [0.3, 0.4) is 0 Å². The summed E-state index contributed by atoms with van der Waals surface area (Å²) in [6.07, 6.45) is -0.280. The Balaban J connectivity index is 2.18. The zero-order chi connectivity index (χ0) is 24.5. The van der Waals surface area contributed by atoms with Crippen LogP contribution in [0, 0.1) is 20.2 Å². The summed E-state index contributed by atoms with van der Waals surface area (Å²) in [6.45, 7) is 0.657. The number of non-ortho nitro benzene ring substituents is 2. The Bertz CT molecular complexity index is 1070. The van der Waals surface area contributed by atoms with Crippen LogP contribution >= 0.6 is 0 Å². The number of ketones is 2. The smallest absolute Gasteiger partial charge is 0.329 e. The summed E-state index contributed by atoms with van der Waals surface area (Å²) in [7, 11) is 0. The van der Waals surface area contributed by atoms with E-state index in [0.29, 0.717) is 11.6 Å². The van der Waals surface area contributed by atoms with E-state index in [0.717, 1.165) is 12.1 Å². The normalized spacial score (nSPS) is 11.2. The second-order valence-corrected chi connectivity index (χ2v) is 6.92. The molecule has 0 aliphatic rings. The molecule has 1 amide bonds. The highest BCUT2D eigenvalue weighted by Gasteiger charge is 2.26. The van der Waals surface area contributed by atoms with E-state index in [2.05, 4.69) is 5.32 Å². The Morgan fingerprint density at radius 3 is 2.03 bits per heavy atom. The van der Waals surface area contributed by atoms with Gasteiger partial charge in [0.15, 0.2) is 12.4 Å². The van der Waals surface area contributed by atoms with Gasteiger partial charge >= 0.3 is 5.97 Å². The highest BCUT2D eigenvalue weighted by atomic mass is 16.6. The number of nitro benzene ring substituents is 2. The number of carbonyl (C=O) groups excluding carboxylic acids is 4. The van der Waals surface area contributed by atoms with Gasteiger partial charge < -0.3 is 14.8 Å². The molecule has 33 heavy (non-hydrogen) atoms. The van der Waals surface area contributed by atoms with Gasteiger partial charge in [-0.2, -0.15) is 0 Å². The first-order chi connectivity index (χ1) is 15.6. The topological polar surface area (TPSA) is 176 Å². The lowest BCUT2D eigenvalue weighted by Gasteiger charge is -2.17. The van der Waals surface area contributed by atoms with Gasteiger partial charge in [-0.05, 0) is 13.3 Å². The Labute approximate surface area is 186 Å². The van der Waals surface area contributed by atoms with Crippen molar-refractivity contribution in [3.63, 3.8) is 0 Å². The fourth-order valence-electron chi connectivity index (χ4n) is 2.72. The van der Waals surface area contributed by atoms with Crippen molar-refractivity contribution in [3.8, 4) is 0 Å². The molecule has 0 aromatic heterocycles. The lowest BCUT2D eigenvalue weighted by Crippen LogP contribution is -2.42. The maximum Gasteiger partial charge on any atom is 0.329 e. The van der Waals surface area contributed by atoms with Crippen LogP contribution in [0.25, 0.3) is 0 Å². The second-order valence-electron chi connectivity index (χ2n) is 6.92. The van der Waals surface area contributed by atoms with Crippen LogP contribution in [0.4, 0.5) is 11.4 Å². The zero-order valence-electron chi connectivity index (χ0n) is 17.4. The van der Waals surface area contributed by atoms with E-state index < -0.39 is 57.1 Å². The fourth-order valence-corrected chi connectivity index (χ4v) is 2.72. The van der Waals surface area contributed by atoms with E-state index in [1.165, 1.54) is 19.1 Å². The van der Waals surface area contributed by atoms with Gasteiger partial charge in [0, 0.05) is 24.1 Å². The molecule has 0 bridgehead atoms. The number of rotatable bonds is 11. The van der Waals surface area contributed by atoms with Crippen LogP contribution in [-0.4, -0.2) is 45.9 Å². The third-order valence-corrected chi connectivity index (χ3v) is 4.40. The molecule has 0 fully saturated rings. The average Bonchev–Trinajstić information content (AvgIpc) is 2.79.